The summed E-state index contributed by atoms with van der Waals surface area (Å²) in [5, 5.41) is 2.33. The Kier molecular flexibility index (Phi) is 7.69. The van der Waals surface area contributed by atoms with Gasteiger partial charge in [0.1, 0.15) is 5.56 Å². The van der Waals surface area contributed by atoms with Crippen molar-refractivity contribution in [2.45, 2.75) is 18.9 Å². The number of anilines is 1. The van der Waals surface area contributed by atoms with Crippen LogP contribution in [-0.2, 0) is 17.5 Å². The predicted octanol–water partition coefficient (Wildman–Crippen LogP) is 2.53. The molecule has 0 saturated carbocycles. The second-order valence-electron chi connectivity index (χ2n) is 7.96. The zero-order valence-electron chi connectivity index (χ0n) is 19.6. The van der Waals surface area contributed by atoms with Crippen LogP contribution in [0.4, 0.5) is 32.0 Å². The molecule has 0 saturated heterocycles. The number of carbonyl (C=O) groups excluding carboxylic acids is 2. The molecular formula is C23H18F6N4O5. The van der Waals surface area contributed by atoms with E-state index in [9.17, 15) is 45.5 Å². The number of rotatable bonds is 6. The Morgan fingerprint density at radius 2 is 1.61 bits per heavy atom. The Labute approximate surface area is 209 Å². The highest BCUT2D eigenvalue weighted by molar-refractivity contribution is 5.93. The molecule has 0 spiro atoms. The van der Waals surface area contributed by atoms with E-state index in [2.05, 4.69) is 10.2 Å². The van der Waals surface area contributed by atoms with Crippen LogP contribution < -0.4 is 26.3 Å². The Balaban J connectivity index is 2.08. The maximum atomic E-state index is 13.2. The van der Waals surface area contributed by atoms with Crippen molar-refractivity contribution in [3.63, 3.8) is 0 Å². The summed E-state index contributed by atoms with van der Waals surface area (Å²) >= 11 is 0. The average Bonchev–Trinajstić information content (AvgIpc) is 2.83. The Morgan fingerprint density at radius 1 is 0.974 bits per heavy atom. The highest BCUT2D eigenvalue weighted by Gasteiger charge is 2.42. The Morgan fingerprint density at radius 3 is 2.16 bits per heavy atom. The van der Waals surface area contributed by atoms with Crippen molar-refractivity contribution in [3.05, 3.63) is 92.3 Å². The first kappa shape index (κ1) is 28.0. The number of nitrogens with zero attached hydrogens (tertiary/aromatic N) is 3. The summed E-state index contributed by atoms with van der Waals surface area (Å²) in [7, 11) is 3.60. The van der Waals surface area contributed by atoms with E-state index in [-0.39, 0.29) is 22.0 Å². The van der Waals surface area contributed by atoms with Crippen molar-refractivity contribution < 1.29 is 40.8 Å². The standard InChI is InChI=1S/C23H18F6N4O5/c1-31(2)15-8-6-13(7-9-15)11-30-18(34)17-12-32(38-20(36)23(27,28)29)21(37)33(19(17)35)16-5-3-4-14(10-16)22(24,25)26/h3-10,12H,11H2,1-2H3,(H,30,34). The monoisotopic (exact) mass is 544 g/mol. The lowest BCUT2D eigenvalue weighted by Gasteiger charge is -2.15. The molecular weight excluding hydrogens is 526 g/mol. The third-order valence-corrected chi connectivity index (χ3v) is 5.05. The van der Waals surface area contributed by atoms with Gasteiger partial charge >= 0.3 is 24.0 Å². The number of hydrogen-bond acceptors (Lipinski definition) is 6. The summed E-state index contributed by atoms with van der Waals surface area (Å²) in [6.07, 6.45) is -10.2. The molecule has 0 fully saturated rings. The fourth-order valence-corrected chi connectivity index (χ4v) is 3.13. The summed E-state index contributed by atoms with van der Waals surface area (Å²) in [5.41, 5.74) is -4.85. The van der Waals surface area contributed by atoms with Gasteiger partial charge in [0.2, 0.25) is 0 Å². The lowest BCUT2D eigenvalue weighted by molar-refractivity contribution is -0.200. The van der Waals surface area contributed by atoms with Crippen molar-refractivity contribution in [2.75, 3.05) is 19.0 Å². The number of benzene rings is 2. The van der Waals surface area contributed by atoms with Crippen LogP contribution >= 0.6 is 0 Å². The summed E-state index contributed by atoms with van der Waals surface area (Å²) in [4.78, 5) is 55.6. The third-order valence-electron chi connectivity index (χ3n) is 5.05. The zero-order chi connectivity index (χ0) is 28.4. The van der Waals surface area contributed by atoms with E-state index in [0.29, 0.717) is 17.7 Å². The quantitative estimate of drug-likeness (QED) is 0.479. The van der Waals surface area contributed by atoms with E-state index >= 15 is 0 Å². The van der Waals surface area contributed by atoms with E-state index in [1.165, 1.54) is 0 Å². The third kappa shape index (κ3) is 6.22. The fourth-order valence-electron chi connectivity index (χ4n) is 3.13. The van der Waals surface area contributed by atoms with Gasteiger partial charge in [-0.15, -0.1) is 4.73 Å². The molecule has 0 aliphatic heterocycles. The van der Waals surface area contributed by atoms with Gasteiger partial charge in [0.25, 0.3) is 11.5 Å². The fraction of sp³-hybridized carbons (Fsp3) is 0.217. The van der Waals surface area contributed by atoms with Crippen LogP contribution in [0.5, 0.6) is 0 Å². The second-order valence-corrected chi connectivity index (χ2v) is 7.96. The van der Waals surface area contributed by atoms with Crippen molar-refractivity contribution in [3.8, 4) is 5.69 Å². The van der Waals surface area contributed by atoms with Gasteiger partial charge in [0, 0.05) is 26.3 Å². The van der Waals surface area contributed by atoms with Crippen molar-refractivity contribution >= 4 is 17.6 Å². The molecule has 1 amide bonds. The summed E-state index contributed by atoms with van der Waals surface area (Å²) < 4.78 is 77.4. The molecule has 0 bridgehead atoms. The van der Waals surface area contributed by atoms with E-state index in [1.807, 2.05) is 4.90 Å². The van der Waals surface area contributed by atoms with Gasteiger partial charge in [-0.25, -0.2) is 14.2 Å². The molecule has 1 aromatic heterocycles. The predicted molar refractivity (Wildman–Crippen MR) is 121 cm³/mol. The summed E-state index contributed by atoms with van der Waals surface area (Å²) in [5.74, 6) is -4.08. The van der Waals surface area contributed by atoms with Crippen LogP contribution in [0.1, 0.15) is 21.5 Å². The molecule has 15 heteroatoms. The Bertz CT molecular complexity index is 1470. The maximum Gasteiger partial charge on any atom is 0.493 e. The summed E-state index contributed by atoms with van der Waals surface area (Å²) in [6, 6.07) is 9.42. The maximum absolute atomic E-state index is 13.2. The van der Waals surface area contributed by atoms with E-state index < -0.39 is 52.3 Å². The van der Waals surface area contributed by atoms with Gasteiger partial charge in [0.15, 0.2) is 0 Å². The first-order chi connectivity index (χ1) is 17.6. The number of nitrogens with one attached hydrogen (secondary N) is 1. The number of hydrogen-bond donors (Lipinski definition) is 1. The molecule has 0 unspecified atom stereocenters. The molecule has 0 atom stereocenters. The van der Waals surface area contributed by atoms with Crippen molar-refractivity contribution in [1.29, 1.82) is 0 Å². The van der Waals surface area contributed by atoms with E-state index in [0.717, 1.165) is 17.8 Å². The molecule has 3 aromatic rings. The number of amides is 1. The van der Waals surface area contributed by atoms with Crippen molar-refractivity contribution in [1.82, 2.24) is 14.6 Å². The number of alkyl halides is 6. The molecule has 202 valence electrons. The number of carbonyl (C=O) groups is 2. The van der Waals surface area contributed by atoms with E-state index in [4.69, 9.17) is 0 Å². The zero-order valence-corrected chi connectivity index (χ0v) is 19.6. The minimum atomic E-state index is -5.57. The van der Waals surface area contributed by atoms with Crippen LogP contribution in [0.15, 0.2) is 64.3 Å². The topological polar surface area (TPSA) is 103 Å². The normalized spacial score (nSPS) is 11.7. The smallest absolute Gasteiger partial charge is 0.378 e. The average molecular weight is 544 g/mol. The van der Waals surface area contributed by atoms with Crippen LogP contribution in [0.25, 0.3) is 5.69 Å². The van der Waals surface area contributed by atoms with Crippen LogP contribution in [0.2, 0.25) is 0 Å². The second kappa shape index (κ2) is 10.4. The van der Waals surface area contributed by atoms with Gasteiger partial charge in [-0.3, -0.25) is 9.59 Å². The first-order valence-electron chi connectivity index (χ1n) is 10.5. The van der Waals surface area contributed by atoms with Crippen LogP contribution in [0.3, 0.4) is 0 Å². The molecule has 0 aliphatic rings. The molecule has 0 aliphatic carbocycles. The largest absolute Gasteiger partial charge is 0.493 e. The van der Waals surface area contributed by atoms with Crippen LogP contribution in [-0.4, -0.2) is 41.4 Å². The molecule has 3 rings (SSSR count). The van der Waals surface area contributed by atoms with Gasteiger partial charge < -0.3 is 15.1 Å². The minimum Gasteiger partial charge on any atom is -0.378 e. The lowest BCUT2D eigenvalue weighted by Crippen LogP contribution is -2.47. The van der Waals surface area contributed by atoms with E-state index in [1.54, 1.807) is 38.4 Å². The molecule has 1 heterocycles. The number of aromatic nitrogens is 2. The van der Waals surface area contributed by atoms with Gasteiger partial charge in [-0.2, -0.15) is 26.3 Å². The minimum absolute atomic E-state index is 0.0142. The molecule has 1 N–H and O–H groups in total. The Hall–Kier alpha value is -4.56. The number of halogens is 6. The first-order valence-corrected chi connectivity index (χ1v) is 10.5. The van der Waals surface area contributed by atoms with Gasteiger partial charge in [-0.1, -0.05) is 18.2 Å². The van der Waals surface area contributed by atoms with Crippen molar-refractivity contribution in [2.24, 2.45) is 0 Å². The molecule has 2 aromatic carbocycles. The highest BCUT2D eigenvalue weighted by atomic mass is 19.4. The van der Waals surface area contributed by atoms with Gasteiger partial charge in [-0.05, 0) is 35.9 Å². The molecule has 0 radical (unpaired) electrons. The van der Waals surface area contributed by atoms with Crippen LogP contribution in [0, 0.1) is 0 Å². The molecule has 38 heavy (non-hydrogen) atoms. The lowest BCUT2D eigenvalue weighted by atomic mass is 10.2. The SMILES string of the molecule is CN(C)c1ccc(CNC(=O)c2cn(OC(=O)C(F)(F)F)c(=O)n(-c3cccc(C(F)(F)F)c3)c2=O)cc1. The summed E-state index contributed by atoms with van der Waals surface area (Å²) in [6.45, 7) is -0.170. The molecule has 9 nitrogen and oxygen atoms in total. The van der Waals surface area contributed by atoms with Gasteiger partial charge in [0.05, 0.1) is 17.4 Å². The highest BCUT2D eigenvalue weighted by Crippen LogP contribution is 2.30.